The third-order valence-electron chi connectivity index (χ3n) is 17.7. The van der Waals surface area contributed by atoms with E-state index in [0.29, 0.717) is 11.3 Å². The molecule has 0 bridgehead atoms. The summed E-state index contributed by atoms with van der Waals surface area (Å²) in [5, 5.41) is 17.8. The quantitative estimate of drug-likeness (QED) is 0.00976. The highest BCUT2D eigenvalue weighted by Crippen LogP contribution is 2.57. The number of nitriles is 1. The summed E-state index contributed by atoms with van der Waals surface area (Å²) < 4.78 is 80.8. The average molecular weight is 1310 g/mol. The molecule has 10 nitrogen and oxygen atoms in total. The molecule has 2 aliphatic rings. The normalized spacial score (nSPS) is 16.3. The molecule has 5 unspecified atom stereocenters. The van der Waals surface area contributed by atoms with Crippen LogP contribution in [0.4, 0.5) is 24.5 Å². The number of esters is 1. The maximum Gasteiger partial charge on any atom is 0.403 e. The second-order valence-corrected chi connectivity index (χ2v) is 28.3. The molecule has 5 heterocycles. The Balaban J connectivity index is 0.949. The van der Waals surface area contributed by atoms with E-state index in [1.54, 1.807) is 33.3 Å². The van der Waals surface area contributed by atoms with Crippen molar-refractivity contribution in [2.45, 2.75) is 114 Å². The molecule has 2 N–H and O–H groups in total. The van der Waals surface area contributed by atoms with Gasteiger partial charge in [-0.3, -0.25) is 4.55 Å². The van der Waals surface area contributed by atoms with Gasteiger partial charge in [-0.2, -0.15) is 27.0 Å². The number of alkyl halides is 3. The first-order valence-corrected chi connectivity index (χ1v) is 35.2. The number of carboxylic acid groups (broad SMARTS) is 1. The van der Waals surface area contributed by atoms with E-state index in [-0.39, 0.29) is 30.3 Å². The minimum absolute atomic E-state index is 0.125. The number of anilines is 2. The lowest BCUT2D eigenvalue weighted by atomic mass is 9.81. The third-order valence-corrected chi connectivity index (χ3v) is 22.2. The maximum absolute atomic E-state index is 14.5. The number of benzene rings is 5. The fourth-order valence-corrected chi connectivity index (χ4v) is 16.9. The Kier molecular flexibility index (Phi) is 20.7. The van der Waals surface area contributed by atoms with Crippen LogP contribution >= 0.6 is 34.0 Å². The molecule has 1 aliphatic heterocycles. The SMILES string of the molecule is CCCCCCc1ccsc1-c1ccc(-c2sc(/C=C(\C#N)C(=O)OCC(F)C(F)(F)S(=O)(=O)O)cc2CC(CCCC)C2CC3c4cc(/C=C/c5cc[n+](CC(=O)O)c6ccccc56)ccc4N(c4ccc(C=C(c5ccccc5)c5ccccc5)cc4)C3C2)s1. The van der Waals surface area contributed by atoms with E-state index in [1.807, 2.05) is 54.7 Å². The van der Waals surface area contributed by atoms with Gasteiger partial charge in [0.15, 0.2) is 6.20 Å². The Bertz CT molecular complexity index is 4320. The van der Waals surface area contributed by atoms with Crippen LogP contribution in [-0.4, -0.2) is 54.1 Å². The van der Waals surface area contributed by atoms with Crippen molar-refractivity contribution in [3.63, 3.8) is 0 Å². The summed E-state index contributed by atoms with van der Waals surface area (Å²) in [5.41, 5.74) is 12.6. The van der Waals surface area contributed by atoms with Crippen LogP contribution in [-0.2, 0) is 43.8 Å². The van der Waals surface area contributed by atoms with Crippen molar-refractivity contribution in [1.29, 1.82) is 5.26 Å². The summed E-state index contributed by atoms with van der Waals surface area (Å²) in [6.07, 6.45) is 17.0. The lowest BCUT2D eigenvalue weighted by Crippen LogP contribution is -2.41. The summed E-state index contributed by atoms with van der Waals surface area (Å²) >= 11 is 4.80. The standard InChI is InChI=1S/C75H70F3N3O7S4/c1-3-5-7-10-22-54-36-38-89-72(54)68-33-34-69(91-68)73-57(42-60(90-73)43-58(46-79)74(84)88-48-70(76)75(77,78)92(85,86)87)41-55(17-6-4-2)56-44-64-63-40-49(25-29-53-35-37-80(47-71(82)83)65-24-16-15-23-61(53)65)28-32-66(63)81(67(64)45-56)59-30-26-50(27-31-59)39-62(51-18-11-8-12-19-51)52-20-13-9-14-21-52/h8-9,11-16,18-21,23-40,42-43,55-56,64,67,70H,3-7,10,17,22,41,44-45,47-48H2,1-2H3,(H-,82,83,85,86,87)/p+1/b58-43+. The van der Waals surface area contributed by atoms with Crippen molar-refractivity contribution in [2.24, 2.45) is 11.8 Å². The van der Waals surface area contributed by atoms with Crippen LogP contribution < -0.4 is 9.47 Å². The Hall–Kier alpha value is -8.24. The smallest absolute Gasteiger partial charge is 0.403 e. The van der Waals surface area contributed by atoms with Gasteiger partial charge in [-0.15, -0.1) is 34.0 Å². The van der Waals surface area contributed by atoms with Gasteiger partial charge < -0.3 is 14.7 Å². The van der Waals surface area contributed by atoms with Gasteiger partial charge in [0.05, 0.1) is 5.39 Å². The van der Waals surface area contributed by atoms with E-state index in [9.17, 15) is 41.5 Å². The van der Waals surface area contributed by atoms with Crippen molar-refractivity contribution in [1.82, 2.24) is 0 Å². The molecule has 0 saturated heterocycles. The van der Waals surface area contributed by atoms with E-state index < -0.39 is 45.7 Å². The van der Waals surface area contributed by atoms with Crippen molar-refractivity contribution in [3.05, 3.63) is 224 Å². The molecule has 5 atom stereocenters. The second kappa shape index (κ2) is 29.2. The zero-order valence-electron chi connectivity index (χ0n) is 51.1. The number of hydrogen-bond acceptors (Lipinski definition) is 10. The first-order valence-electron chi connectivity index (χ1n) is 31.3. The number of para-hydroxylation sites is 1. The molecule has 4 aromatic heterocycles. The molecule has 17 heteroatoms. The molecule has 9 aromatic rings. The van der Waals surface area contributed by atoms with Gasteiger partial charge in [0.25, 0.3) is 0 Å². The molecular formula is C75H71F3N3O7S4+. The van der Waals surface area contributed by atoms with Crippen molar-refractivity contribution < 1.29 is 50.1 Å². The van der Waals surface area contributed by atoms with Crippen LogP contribution in [0, 0.1) is 23.2 Å². The molecule has 5 aromatic carbocycles. The van der Waals surface area contributed by atoms with Crippen LogP contribution in [0.5, 0.6) is 0 Å². The number of hydrogen-bond donors (Lipinski definition) is 2. The van der Waals surface area contributed by atoms with Crippen molar-refractivity contribution in [3.8, 4) is 25.6 Å². The van der Waals surface area contributed by atoms with E-state index in [4.69, 9.17) is 9.29 Å². The minimum Gasteiger partial charge on any atom is -0.477 e. The van der Waals surface area contributed by atoms with Gasteiger partial charge in [0.2, 0.25) is 18.2 Å². The number of nitrogens with zero attached hydrogens (tertiary/aromatic N) is 3. The van der Waals surface area contributed by atoms with Crippen LogP contribution in [0.3, 0.4) is 0 Å². The topological polar surface area (TPSA) is 149 Å². The Labute approximate surface area is 547 Å². The molecule has 1 aliphatic carbocycles. The summed E-state index contributed by atoms with van der Waals surface area (Å²) in [5.74, 6) is -1.69. The number of unbranched alkanes of at least 4 members (excludes halogenated alkanes) is 4. The predicted molar refractivity (Wildman–Crippen MR) is 366 cm³/mol. The highest BCUT2D eigenvalue weighted by molar-refractivity contribution is 7.86. The first-order chi connectivity index (χ1) is 44.5. The Morgan fingerprint density at radius 1 is 0.783 bits per heavy atom. The fraction of sp³-hybridized carbons (Fsp3) is 0.280. The van der Waals surface area contributed by atoms with Gasteiger partial charge in [-0.05, 0) is 173 Å². The molecular weight excluding hydrogens is 1240 g/mol. The molecule has 1 fully saturated rings. The molecule has 11 rings (SSSR count). The van der Waals surface area contributed by atoms with Crippen LogP contribution in [0.1, 0.15) is 127 Å². The Morgan fingerprint density at radius 2 is 1.48 bits per heavy atom. The number of carbonyl (C=O) groups excluding carboxylic acids is 1. The number of carboxylic acids is 1. The number of rotatable bonds is 27. The monoisotopic (exact) mass is 1310 g/mol. The van der Waals surface area contributed by atoms with E-state index in [0.717, 1.165) is 128 Å². The van der Waals surface area contributed by atoms with Gasteiger partial charge in [-0.1, -0.05) is 149 Å². The van der Waals surface area contributed by atoms with Gasteiger partial charge >= 0.3 is 27.3 Å². The van der Waals surface area contributed by atoms with E-state index >= 15 is 0 Å². The Morgan fingerprint density at radius 3 is 2.17 bits per heavy atom. The number of halogens is 3. The zero-order chi connectivity index (χ0) is 64.5. The van der Waals surface area contributed by atoms with Gasteiger partial charge in [0, 0.05) is 59.9 Å². The van der Waals surface area contributed by atoms with Gasteiger partial charge in [-0.25, -0.2) is 14.0 Å². The van der Waals surface area contributed by atoms with E-state index in [2.05, 4.69) is 152 Å². The van der Waals surface area contributed by atoms with Crippen molar-refractivity contribution in [2.75, 3.05) is 11.5 Å². The number of aromatic nitrogens is 1. The minimum atomic E-state index is -6.17. The van der Waals surface area contributed by atoms with Crippen molar-refractivity contribution >= 4 is 108 Å². The van der Waals surface area contributed by atoms with Gasteiger partial charge in [0.1, 0.15) is 18.2 Å². The second-order valence-electron chi connectivity index (χ2n) is 23.8. The first kappa shape index (κ1) is 65.3. The average Bonchev–Trinajstić information content (AvgIpc) is 1.58. The van der Waals surface area contributed by atoms with Crippen LogP contribution in [0.15, 0.2) is 175 Å². The predicted octanol–water partition coefficient (Wildman–Crippen LogP) is 18.9. The van der Waals surface area contributed by atoms with Crippen LogP contribution in [0.25, 0.3) is 60.3 Å². The molecule has 0 radical (unpaired) electrons. The number of fused-ring (bicyclic) bond motifs is 4. The molecule has 1 saturated carbocycles. The van der Waals surface area contributed by atoms with E-state index in [1.165, 1.54) is 45.5 Å². The third kappa shape index (κ3) is 14.7. The molecule has 472 valence electrons. The number of thiophene rings is 3. The molecule has 0 spiro atoms. The molecule has 0 amide bonds. The summed E-state index contributed by atoms with van der Waals surface area (Å²) in [7, 11) is -6.17. The maximum atomic E-state index is 14.5. The van der Waals surface area contributed by atoms with Crippen LogP contribution in [0.2, 0.25) is 0 Å². The fourth-order valence-electron chi connectivity index (χ4n) is 13.1. The highest BCUT2D eigenvalue weighted by Gasteiger charge is 2.53. The number of carbonyl (C=O) groups is 2. The lowest BCUT2D eigenvalue weighted by molar-refractivity contribution is -0.660. The number of ether oxygens (including phenoxy) is 1. The largest absolute Gasteiger partial charge is 0.477 e. The lowest BCUT2D eigenvalue weighted by Gasteiger charge is -2.30. The summed E-state index contributed by atoms with van der Waals surface area (Å²) in [4.78, 5) is 32.5. The number of pyridine rings is 1. The summed E-state index contributed by atoms with van der Waals surface area (Å²) in [6, 6.07) is 56.7. The summed E-state index contributed by atoms with van der Waals surface area (Å²) in [6.45, 7) is 2.54. The number of aliphatic carboxylic acids is 1. The number of aryl methyl sites for hydroxylation is 1. The zero-order valence-corrected chi connectivity index (χ0v) is 54.4. The highest BCUT2D eigenvalue weighted by atomic mass is 32.2. The molecule has 92 heavy (non-hydrogen) atoms.